The van der Waals surface area contributed by atoms with Crippen molar-refractivity contribution in [2.75, 3.05) is 39.5 Å². The maximum absolute atomic E-state index is 12.9. The Labute approximate surface area is 188 Å². The minimum atomic E-state index is -3.91. The fourth-order valence-electron chi connectivity index (χ4n) is 3.81. The lowest BCUT2D eigenvalue weighted by Gasteiger charge is -2.35. The standard InChI is InChI=1S/C19H28ClN3O6S2/c1-22(30(2,25)26)15-7-9-23(10-8-15)19(24)14-5-6-17(20)18(12-14)31(27,28)21-13-16-4-3-11-29-16/h5-6,12,15-16,21H,3-4,7-11,13H2,1-2H3. The summed E-state index contributed by atoms with van der Waals surface area (Å²) in [6.45, 7) is 1.53. The Hall–Kier alpha value is -1.24. The number of amides is 1. The highest BCUT2D eigenvalue weighted by Gasteiger charge is 2.30. The van der Waals surface area contributed by atoms with Crippen LogP contribution in [-0.2, 0) is 24.8 Å². The molecule has 2 fully saturated rings. The van der Waals surface area contributed by atoms with Gasteiger partial charge >= 0.3 is 0 Å². The van der Waals surface area contributed by atoms with E-state index in [0.717, 1.165) is 19.1 Å². The van der Waals surface area contributed by atoms with Crippen molar-refractivity contribution >= 4 is 37.6 Å². The van der Waals surface area contributed by atoms with E-state index in [9.17, 15) is 21.6 Å². The summed E-state index contributed by atoms with van der Waals surface area (Å²) in [5, 5.41) is 0.0323. The van der Waals surface area contributed by atoms with Crippen molar-refractivity contribution in [3.8, 4) is 0 Å². The van der Waals surface area contributed by atoms with E-state index in [1.54, 1.807) is 4.90 Å². The van der Waals surface area contributed by atoms with Crippen molar-refractivity contribution < 1.29 is 26.4 Å². The number of likely N-dealkylation sites (tertiary alicyclic amines) is 1. The monoisotopic (exact) mass is 493 g/mol. The first-order valence-electron chi connectivity index (χ1n) is 10.1. The van der Waals surface area contributed by atoms with Crippen molar-refractivity contribution in [3.63, 3.8) is 0 Å². The Morgan fingerprint density at radius 3 is 2.48 bits per heavy atom. The third-order valence-electron chi connectivity index (χ3n) is 5.78. The first-order valence-corrected chi connectivity index (χ1v) is 13.8. The van der Waals surface area contributed by atoms with Gasteiger partial charge in [0.2, 0.25) is 20.0 Å². The van der Waals surface area contributed by atoms with Crippen LogP contribution in [0.3, 0.4) is 0 Å². The minimum Gasteiger partial charge on any atom is -0.377 e. The molecule has 174 valence electrons. The Morgan fingerprint density at radius 1 is 1.23 bits per heavy atom. The van der Waals surface area contributed by atoms with Gasteiger partial charge in [0.1, 0.15) is 4.90 Å². The molecule has 9 nitrogen and oxygen atoms in total. The molecule has 1 aromatic rings. The third-order valence-corrected chi connectivity index (χ3v) is 9.03. The van der Waals surface area contributed by atoms with E-state index in [1.165, 1.54) is 29.6 Å². The van der Waals surface area contributed by atoms with E-state index in [2.05, 4.69) is 4.72 Å². The van der Waals surface area contributed by atoms with E-state index >= 15 is 0 Å². The lowest BCUT2D eigenvalue weighted by molar-refractivity contribution is 0.0686. The number of carbonyl (C=O) groups is 1. The molecule has 1 atom stereocenters. The molecule has 0 aromatic heterocycles. The van der Waals surface area contributed by atoms with Crippen molar-refractivity contribution in [2.24, 2.45) is 0 Å². The number of nitrogens with zero attached hydrogens (tertiary/aromatic N) is 2. The van der Waals surface area contributed by atoms with Crippen LogP contribution in [0.4, 0.5) is 0 Å². The SMILES string of the molecule is CN(C1CCN(C(=O)c2ccc(Cl)c(S(=O)(=O)NCC3CCCO3)c2)CC1)S(C)(=O)=O. The van der Waals surface area contributed by atoms with Gasteiger partial charge in [-0.05, 0) is 43.9 Å². The first-order chi connectivity index (χ1) is 14.5. The second-order valence-electron chi connectivity index (χ2n) is 7.93. The quantitative estimate of drug-likeness (QED) is 0.612. The number of benzene rings is 1. The van der Waals surface area contributed by atoms with Gasteiger partial charge in [-0.15, -0.1) is 0 Å². The lowest BCUT2D eigenvalue weighted by atomic mass is 10.0. The Bertz CT molecular complexity index is 1020. The molecule has 0 radical (unpaired) electrons. The normalized spacial score (nSPS) is 21.0. The number of nitrogens with one attached hydrogen (secondary N) is 1. The molecule has 1 N–H and O–H groups in total. The van der Waals surface area contributed by atoms with Gasteiger partial charge in [-0.1, -0.05) is 11.6 Å². The Kier molecular flexibility index (Phi) is 7.65. The molecular weight excluding hydrogens is 466 g/mol. The van der Waals surface area contributed by atoms with Gasteiger partial charge in [-0.3, -0.25) is 4.79 Å². The van der Waals surface area contributed by atoms with Crippen LogP contribution < -0.4 is 4.72 Å². The zero-order chi connectivity index (χ0) is 22.8. The number of hydrogen-bond donors (Lipinski definition) is 1. The van der Waals surface area contributed by atoms with E-state index in [1.807, 2.05) is 0 Å². The average Bonchev–Trinajstić information content (AvgIpc) is 3.25. The van der Waals surface area contributed by atoms with Crippen molar-refractivity contribution in [1.29, 1.82) is 0 Å². The summed E-state index contributed by atoms with van der Waals surface area (Å²) in [6.07, 6.45) is 3.71. The molecule has 1 amide bonds. The molecule has 2 aliphatic rings. The fraction of sp³-hybridized carbons (Fsp3) is 0.632. The third kappa shape index (κ3) is 5.96. The largest absolute Gasteiger partial charge is 0.377 e. The van der Waals surface area contributed by atoms with Crippen LogP contribution in [0.25, 0.3) is 0 Å². The van der Waals surface area contributed by atoms with Gasteiger partial charge in [-0.2, -0.15) is 0 Å². The number of ether oxygens (including phenoxy) is 1. The van der Waals surface area contributed by atoms with Crippen molar-refractivity contribution in [2.45, 2.75) is 42.7 Å². The second kappa shape index (κ2) is 9.72. The molecule has 2 saturated heterocycles. The van der Waals surface area contributed by atoms with Crippen LogP contribution in [0.15, 0.2) is 23.1 Å². The van der Waals surface area contributed by atoms with Gasteiger partial charge in [-0.25, -0.2) is 25.9 Å². The summed E-state index contributed by atoms with van der Waals surface area (Å²) in [5.74, 6) is -0.312. The molecule has 3 rings (SSSR count). The summed E-state index contributed by atoms with van der Waals surface area (Å²) < 4.78 is 58.2. The van der Waals surface area contributed by atoms with Crippen LogP contribution >= 0.6 is 11.6 Å². The molecule has 12 heteroatoms. The van der Waals surface area contributed by atoms with Gasteiger partial charge in [0.25, 0.3) is 5.91 Å². The van der Waals surface area contributed by atoms with Crippen LogP contribution in [0, 0.1) is 0 Å². The molecule has 1 unspecified atom stereocenters. The van der Waals surface area contributed by atoms with Gasteiger partial charge < -0.3 is 9.64 Å². The molecule has 0 saturated carbocycles. The molecule has 1 aromatic carbocycles. The second-order valence-corrected chi connectivity index (χ2v) is 12.1. The highest BCUT2D eigenvalue weighted by Crippen LogP contribution is 2.25. The minimum absolute atomic E-state index is 0.0323. The van der Waals surface area contributed by atoms with Gasteiger partial charge in [0, 0.05) is 44.9 Å². The summed E-state index contributed by atoms with van der Waals surface area (Å²) in [5.41, 5.74) is 0.219. The Balaban J connectivity index is 1.68. The number of rotatable bonds is 7. The lowest BCUT2D eigenvalue weighted by Crippen LogP contribution is -2.47. The highest BCUT2D eigenvalue weighted by molar-refractivity contribution is 7.89. The van der Waals surface area contributed by atoms with Crippen molar-refractivity contribution in [1.82, 2.24) is 13.9 Å². The summed E-state index contributed by atoms with van der Waals surface area (Å²) >= 11 is 6.13. The zero-order valence-corrected chi connectivity index (χ0v) is 20.0. The average molecular weight is 494 g/mol. The predicted molar refractivity (Wildman–Crippen MR) is 117 cm³/mol. The number of hydrogen-bond acceptors (Lipinski definition) is 6. The number of piperidine rings is 1. The molecule has 0 aliphatic carbocycles. The van der Waals surface area contributed by atoms with E-state index in [4.69, 9.17) is 16.3 Å². The predicted octanol–water partition coefficient (Wildman–Crippen LogP) is 1.29. The maximum Gasteiger partial charge on any atom is 0.253 e. The number of carbonyl (C=O) groups excluding carboxylic acids is 1. The van der Waals surface area contributed by atoms with Crippen LogP contribution in [0.5, 0.6) is 0 Å². The topological polar surface area (TPSA) is 113 Å². The maximum atomic E-state index is 12.9. The number of halogens is 1. The van der Waals surface area contributed by atoms with Gasteiger partial charge in [0.05, 0.1) is 17.4 Å². The summed E-state index contributed by atoms with van der Waals surface area (Å²) in [4.78, 5) is 14.4. The molecule has 2 aliphatic heterocycles. The molecule has 31 heavy (non-hydrogen) atoms. The van der Waals surface area contributed by atoms with Crippen molar-refractivity contribution in [3.05, 3.63) is 28.8 Å². The van der Waals surface area contributed by atoms with E-state index < -0.39 is 20.0 Å². The van der Waals surface area contributed by atoms with E-state index in [-0.39, 0.29) is 40.1 Å². The smallest absolute Gasteiger partial charge is 0.253 e. The summed E-state index contributed by atoms with van der Waals surface area (Å²) in [7, 11) is -5.67. The van der Waals surface area contributed by atoms with Crippen LogP contribution in [0.2, 0.25) is 5.02 Å². The van der Waals surface area contributed by atoms with Gasteiger partial charge in [0.15, 0.2) is 0 Å². The highest BCUT2D eigenvalue weighted by atomic mass is 35.5. The summed E-state index contributed by atoms with van der Waals surface area (Å²) in [6, 6.07) is 4.03. The van der Waals surface area contributed by atoms with Crippen LogP contribution in [0.1, 0.15) is 36.0 Å². The molecule has 0 bridgehead atoms. The molecule has 2 heterocycles. The first kappa shape index (κ1) is 24.4. The molecular formula is C19H28ClN3O6S2. The van der Waals surface area contributed by atoms with Crippen LogP contribution in [-0.4, -0.2) is 83.6 Å². The molecule has 0 spiro atoms. The zero-order valence-electron chi connectivity index (χ0n) is 17.6. The fourth-order valence-corrected chi connectivity index (χ4v) is 6.16. The number of sulfonamides is 2. The van der Waals surface area contributed by atoms with E-state index in [0.29, 0.717) is 32.5 Å². The Morgan fingerprint density at radius 2 is 1.90 bits per heavy atom.